The predicted molar refractivity (Wildman–Crippen MR) is 83.9 cm³/mol. The number of aryl methyl sites for hydroxylation is 2. The molecule has 0 saturated carbocycles. The molecule has 1 N–H and O–H groups in total. The summed E-state index contributed by atoms with van der Waals surface area (Å²) < 4.78 is 6.61. The van der Waals surface area contributed by atoms with Gasteiger partial charge in [0, 0.05) is 17.5 Å². The molecule has 0 atom stereocenters. The predicted octanol–water partition coefficient (Wildman–Crippen LogP) is 2.30. The molecule has 0 fully saturated rings. The highest BCUT2D eigenvalue weighted by molar-refractivity contribution is 7.99. The molecule has 0 aromatic carbocycles. The van der Waals surface area contributed by atoms with Crippen molar-refractivity contribution in [3.05, 3.63) is 41.0 Å². The maximum Gasteiger partial charge on any atom is 0.236 e. The van der Waals surface area contributed by atoms with E-state index in [2.05, 4.69) is 36.6 Å². The van der Waals surface area contributed by atoms with Crippen LogP contribution in [0.1, 0.15) is 4.88 Å². The van der Waals surface area contributed by atoms with Crippen LogP contribution in [0.15, 0.2) is 45.8 Å². The van der Waals surface area contributed by atoms with E-state index < -0.39 is 0 Å². The Morgan fingerprint density at radius 3 is 3.18 bits per heavy atom. The fourth-order valence-electron chi connectivity index (χ4n) is 1.78. The highest BCUT2D eigenvalue weighted by atomic mass is 32.2. The van der Waals surface area contributed by atoms with Crippen LogP contribution in [0.4, 0.5) is 5.82 Å². The van der Waals surface area contributed by atoms with Gasteiger partial charge in [-0.3, -0.25) is 4.79 Å². The second-order valence-corrected chi connectivity index (χ2v) is 6.33. The molecule has 22 heavy (non-hydrogen) atoms. The van der Waals surface area contributed by atoms with Crippen LogP contribution in [-0.2, 0) is 17.8 Å². The quantitative estimate of drug-likeness (QED) is 0.667. The van der Waals surface area contributed by atoms with E-state index in [1.165, 1.54) is 22.9 Å². The van der Waals surface area contributed by atoms with Crippen LogP contribution in [0.3, 0.4) is 0 Å². The molecule has 3 heterocycles. The second-order valence-electron chi connectivity index (χ2n) is 4.36. The fourth-order valence-corrected chi connectivity index (χ4v) is 3.22. The van der Waals surface area contributed by atoms with Crippen molar-refractivity contribution < 1.29 is 9.32 Å². The van der Waals surface area contributed by atoms with E-state index >= 15 is 0 Å². The Morgan fingerprint density at radius 1 is 1.45 bits per heavy atom. The van der Waals surface area contributed by atoms with E-state index in [4.69, 9.17) is 0 Å². The van der Waals surface area contributed by atoms with Gasteiger partial charge in [0.15, 0.2) is 11.0 Å². The molecule has 0 radical (unpaired) electrons. The Kier molecular flexibility index (Phi) is 4.86. The monoisotopic (exact) mass is 335 g/mol. The number of anilines is 1. The number of hydrogen-bond donors (Lipinski definition) is 1. The molecule has 0 aliphatic carbocycles. The van der Waals surface area contributed by atoms with E-state index in [0.29, 0.717) is 5.82 Å². The van der Waals surface area contributed by atoms with Gasteiger partial charge in [0.25, 0.3) is 0 Å². The third kappa shape index (κ3) is 3.95. The molecule has 3 aromatic rings. The third-order valence-electron chi connectivity index (χ3n) is 2.80. The summed E-state index contributed by atoms with van der Waals surface area (Å²) in [7, 11) is 0. The summed E-state index contributed by atoms with van der Waals surface area (Å²) in [5.74, 6) is 0.487. The van der Waals surface area contributed by atoms with Gasteiger partial charge in [-0.2, -0.15) is 0 Å². The lowest BCUT2D eigenvalue weighted by Crippen LogP contribution is -2.14. The minimum atomic E-state index is -0.160. The number of rotatable bonds is 7. The first kappa shape index (κ1) is 14.8. The molecule has 0 aliphatic heterocycles. The van der Waals surface area contributed by atoms with Crippen LogP contribution in [0.25, 0.3) is 0 Å². The summed E-state index contributed by atoms with van der Waals surface area (Å²) in [5.41, 5.74) is 0. The van der Waals surface area contributed by atoms with E-state index in [1.807, 2.05) is 10.6 Å². The maximum absolute atomic E-state index is 11.8. The molecule has 9 heteroatoms. The van der Waals surface area contributed by atoms with Gasteiger partial charge in [0.05, 0.1) is 5.75 Å². The van der Waals surface area contributed by atoms with Crippen molar-refractivity contribution in [2.45, 2.75) is 18.1 Å². The Balaban J connectivity index is 1.50. The number of thiophene rings is 1. The molecule has 114 valence electrons. The molecular weight excluding hydrogens is 322 g/mol. The van der Waals surface area contributed by atoms with Crippen molar-refractivity contribution in [2.75, 3.05) is 11.1 Å². The number of thioether (sulfide) groups is 1. The zero-order valence-electron chi connectivity index (χ0n) is 11.5. The van der Waals surface area contributed by atoms with Crippen LogP contribution in [0, 0.1) is 0 Å². The summed E-state index contributed by atoms with van der Waals surface area (Å²) in [6, 6.07) is 5.73. The first-order valence-electron chi connectivity index (χ1n) is 6.54. The smallest absolute Gasteiger partial charge is 0.236 e. The third-order valence-corrected chi connectivity index (χ3v) is 4.71. The zero-order valence-corrected chi connectivity index (χ0v) is 13.1. The largest absolute Gasteiger partial charge is 0.363 e. The van der Waals surface area contributed by atoms with Crippen molar-refractivity contribution in [1.82, 2.24) is 19.9 Å². The van der Waals surface area contributed by atoms with Crippen LogP contribution in [0.2, 0.25) is 0 Å². The normalized spacial score (nSPS) is 10.7. The van der Waals surface area contributed by atoms with E-state index in [1.54, 1.807) is 23.7 Å². The van der Waals surface area contributed by atoms with Crippen LogP contribution < -0.4 is 5.32 Å². The molecule has 0 bridgehead atoms. The first-order chi connectivity index (χ1) is 10.8. The molecule has 1 amide bonds. The maximum atomic E-state index is 11.8. The average molecular weight is 335 g/mol. The van der Waals surface area contributed by atoms with E-state index in [0.717, 1.165) is 18.1 Å². The fraction of sp³-hybridized carbons (Fsp3) is 0.231. The van der Waals surface area contributed by atoms with Crippen molar-refractivity contribution in [3.63, 3.8) is 0 Å². The van der Waals surface area contributed by atoms with Gasteiger partial charge in [-0.1, -0.05) is 23.0 Å². The number of carbonyl (C=O) groups excluding carboxylic acids is 1. The number of hydrogen-bond acceptors (Lipinski definition) is 7. The molecule has 3 rings (SSSR count). The van der Waals surface area contributed by atoms with E-state index in [-0.39, 0.29) is 11.7 Å². The SMILES string of the molecule is O=C(CSc1nncn1CCc1cccs1)Nc1ccon1. The Hall–Kier alpha value is -2.13. The highest BCUT2D eigenvalue weighted by Crippen LogP contribution is 2.17. The standard InChI is InChI=1S/C13H13N5O2S2/c19-12(15-11-4-6-20-17-11)8-22-13-16-14-9-18(13)5-3-10-2-1-7-21-10/h1-2,4,6-7,9H,3,5,8H2,(H,15,17,19). The number of nitrogens with one attached hydrogen (secondary N) is 1. The Labute approximate surface area is 134 Å². The summed E-state index contributed by atoms with van der Waals surface area (Å²) >= 11 is 3.07. The lowest BCUT2D eigenvalue weighted by Gasteiger charge is -2.05. The number of amides is 1. The highest BCUT2D eigenvalue weighted by Gasteiger charge is 2.10. The van der Waals surface area contributed by atoms with Gasteiger partial charge in [0.2, 0.25) is 5.91 Å². The molecule has 0 aliphatic rings. The van der Waals surface area contributed by atoms with Gasteiger partial charge >= 0.3 is 0 Å². The minimum Gasteiger partial charge on any atom is -0.363 e. The van der Waals surface area contributed by atoms with Crippen LogP contribution >= 0.6 is 23.1 Å². The second kappa shape index (κ2) is 7.23. The zero-order chi connectivity index (χ0) is 15.2. The van der Waals surface area contributed by atoms with Gasteiger partial charge in [-0.15, -0.1) is 21.5 Å². The lowest BCUT2D eigenvalue weighted by molar-refractivity contribution is -0.113. The van der Waals surface area contributed by atoms with Crippen molar-refractivity contribution in [1.29, 1.82) is 0 Å². The molecular formula is C13H13N5O2S2. The topological polar surface area (TPSA) is 85.8 Å². The summed E-state index contributed by atoms with van der Waals surface area (Å²) in [4.78, 5) is 13.1. The van der Waals surface area contributed by atoms with E-state index in [9.17, 15) is 4.79 Å². The molecule has 0 unspecified atom stereocenters. The summed E-state index contributed by atoms with van der Waals surface area (Å²) in [6.07, 6.45) is 4.02. The Bertz CT molecular complexity index is 709. The van der Waals surface area contributed by atoms with Gasteiger partial charge in [0.1, 0.15) is 12.6 Å². The van der Waals surface area contributed by atoms with Gasteiger partial charge < -0.3 is 14.4 Å². The number of aromatic nitrogens is 4. The van der Waals surface area contributed by atoms with Crippen LogP contribution in [-0.4, -0.2) is 31.6 Å². The van der Waals surface area contributed by atoms with Gasteiger partial charge in [-0.05, 0) is 17.9 Å². The number of nitrogens with zero attached hydrogens (tertiary/aromatic N) is 4. The molecule has 0 spiro atoms. The van der Waals surface area contributed by atoms with Gasteiger partial charge in [-0.25, -0.2) is 0 Å². The molecule has 3 aromatic heterocycles. The van der Waals surface area contributed by atoms with Crippen molar-refractivity contribution >= 4 is 34.8 Å². The number of carbonyl (C=O) groups is 1. The van der Waals surface area contributed by atoms with Crippen molar-refractivity contribution in [2.24, 2.45) is 0 Å². The van der Waals surface area contributed by atoms with Crippen LogP contribution in [0.5, 0.6) is 0 Å². The van der Waals surface area contributed by atoms with Crippen molar-refractivity contribution in [3.8, 4) is 0 Å². The summed E-state index contributed by atoms with van der Waals surface area (Å²) in [5, 5.41) is 17.0. The first-order valence-corrected chi connectivity index (χ1v) is 8.41. The Morgan fingerprint density at radius 2 is 2.41 bits per heavy atom. The summed E-state index contributed by atoms with van der Waals surface area (Å²) in [6.45, 7) is 0.792. The average Bonchev–Trinajstić information content (AvgIpc) is 3.25. The molecule has 0 saturated heterocycles. The minimum absolute atomic E-state index is 0.160. The lowest BCUT2D eigenvalue weighted by atomic mass is 10.3. The molecule has 7 nitrogen and oxygen atoms in total.